The first-order valence-corrected chi connectivity index (χ1v) is 7.48. The van der Waals surface area contributed by atoms with Crippen molar-refractivity contribution >= 4 is 41.0 Å². The van der Waals surface area contributed by atoms with Crippen LogP contribution in [0.15, 0.2) is 57.4 Å². The van der Waals surface area contributed by atoms with Gasteiger partial charge in [0.2, 0.25) is 0 Å². The van der Waals surface area contributed by atoms with E-state index >= 15 is 0 Å². The van der Waals surface area contributed by atoms with Crippen molar-refractivity contribution in [3.63, 3.8) is 0 Å². The summed E-state index contributed by atoms with van der Waals surface area (Å²) in [4.78, 5) is 11.9. The molecular formula is C14H11FN4O2S2. The van der Waals surface area contributed by atoms with Crippen molar-refractivity contribution in [2.24, 2.45) is 10.8 Å². The van der Waals surface area contributed by atoms with Crippen LogP contribution in [0.2, 0.25) is 0 Å². The van der Waals surface area contributed by atoms with Gasteiger partial charge in [-0.2, -0.15) is 5.10 Å². The molecule has 0 saturated carbocycles. The molecule has 9 heteroatoms. The fourth-order valence-corrected chi connectivity index (χ4v) is 2.60. The predicted octanol–water partition coefficient (Wildman–Crippen LogP) is 3.05. The molecule has 0 aliphatic rings. The Labute approximate surface area is 140 Å². The monoisotopic (exact) mass is 350 g/mol. The molecule has 23 heavy (non-hydrogen) atoms. The first-order chi connectivity index (χ1) is 11.0. The Bertz CT molecular complexity index is 766. The van der Waals surface area contributed by atoms with Crippen LogP contribution in [-0.4, -0.2) is 16.3 Å². The molecule has 118 valence electrons. The third-order valence-electron chi connectivity index (χ3n) is 2.61. The lowest BCUT2D eigenvalue weighted by molar-refractivity contribution is -0.387. The number of nitrogens with zero attached hydrogens (tertiary/aromatic N) is 2. The van der Waals surface area contributed by atoms with Gasteiger partial charge in [-0.05, 0) is 42.5 Å². The number of hydrogen-bond donors (Lipinski definition) is 2. The van der Waals surface area contributed by atoms with Gasteiger partial charge >= 0.3 is 0 Å². The number of halogens is 1. The maximum Gasteiger partial charge on any atom is 0.283 e. The number of nitro groups is 1. The minimum atomic E-state index is -0.482. The summed E-state index contributed by atoms with van der Waals surface area (Å²) in [7, 11) is 0. The van der Waals surface area contributed by atoms with E-state index in [1.165, 1.54) is 36.2 Å². The SMILES string of the molecule is NC(=S)NN=Cc1ccc(Sc2ccc(F)cc2)c([N+](=O)[O-])c1. The largest absolute Gasteiger partial charge is 0.375 e. The van der Waals surface area contributed by atoms with E-state index in [-0.39, 0.29) is 16.6 Å². The highest BCUT2D eigenvalue weighted by molar-refractivity contribution is 7.99. The Hall–Kier alpha value is -2.52. The van der Waals surface area contributed by atoms with Gasteiger partial charge in [-0.3, -0.25) is 15.5 Å². The van der Waals surface area contributed by atoms with Crippen LogP contribution in [0.25, 0.3) is 0 Å². The highest BCUT2D eigenvalue weighted by Crippen LogP contribution is 2.35. The molecule has 0 aromatic heterocycles. The van der Waals surface area contributed by atoms with Crippen LogP contribution in [0.1, 0.15) is 5.56 Å². The quantitative estimate of drug-likeness (QED) is 0.373. The summed E-state index contributed by atoms with van der Waals surface area (Å²) >= 11 is 5.78. The molecular weight excluding hydrogens is 339 g/mol. The number of nitrogens with one attached hydrogen (secondary N) is 1. The van der Waals surface area contributed by atoms with E-state index in [0.29, 0.717) is 15.4 Å². The highest BCUT2D eigenvalue weighted by atomic mass is 32.2. The van der Waals surface area contributed by atoms with Crippen LogP contribution in [-0.2, 0) is 0 Å². The topological polar surface area (TPSA) is 93.5 Å². The maximum atomic E-state index is 12.9. The number of rotatable bonds is 5. The highest BCUT2D eigenvalue weighted by Gasteiger charge is 2.15. The lowest BCUT2D eigenvalue weighted by Gasteiger charge is -2.04. The fourth-order valence-electron chi connectivity index (χ4n) is 1.64. The molecule has 2 aromatic rings. The van der Waals surface area contributed by atoms with Crippen molar-refractivity contribution in [3.8, 4) is 0 Å². The summed E-state index contributed by atoms with van der Waals surface area (Å²) in [6, 6.07) is 10.4. The van der Waals surface area contributed by atoms with Crippen molar-refractivity contribution in [3.05, 3.63) is 64.0 Å². The Balaban J connectivity index is 2.25. The molecule has 0 bridgehead atoms. The average molecular weight is 350 g/mol. The van der Waals surface area contributed by atoms with Gasteiger partial charge in [0.05, 0.1) is 16.0 Å². The van der Waals surface area contributed by atoms with Gasteiger partial charge in [0, 0.05) is 16.5 Å². The van der Waals surface area contributed by atoms with Gasteiger partial charge in [0.1, 0.15) is 5.82 Å². The zero-order chi connectivity index (χ0) is 16.8. The number of hydrazone groups is 1. The molecule has 0 atom stereocenters. The standard InChI is InChI=1S/C14H11FN4O2S2/c15-10-2-4-11(5-3-10)23-13-6-1-9(7-12(13)19(20)21)8-17-18-14(16)22/h1-8H,(H3,16,18,22). The molecule has 0 saturated heterocycles. The van der Waals surface area contributed by atoms with Crippen LogP contribution in [0, 0.1) is 15.9 Å². The Kier molecular flexibility index (Phi) is 5.61. The summed E-state index contributed by atoms with van der Waals surface area (Å²) in [5.74, 6) is -0.360. The molecule has 0 fully saturated rings. The molecule has 3 N–H and O–H groups in total. The second-order valence-electron chi connectivity index (χ2n) is 4.27. The Morgan fingerprint density at radius 1 is 1.35 bits per heavy atom. The molecule has 6 nitrogen and oxygen atoms in total. The number of nitrogens with two attached hydrogens (primary N) is 1. The molecule has 2 aromatic carbocycles. The lowest BCUT2D eigenvalue weighted by Crippen LogP contribution is -2.23. The summed E-state index contributed by atoms with van der Waals surface area (Å²) in [6.07, 6.45) is 1.37. The van der Waals surface area contributed by atoms with Crippen molar-refractivity contribution < 1.29 is 9.31 Å². The Morgan fingerprint density at radius 3 is 2.65 bits per heavy atom. The second-order valence-corrected chi connectivity index (χ2v) is 5.83. The number of thiocarbonyl (C=S) groups is 1. The number of nitro benzene ring substituents is 1. The first kappa shape index (κ1) is 16.8. The van der Waals surface area contributed by atoms with E-state index in [2.05, 4.69) is 22.7 Å². The van der Waals surface area contributed by atoms with Crippen molar-refractivity contribution in [2.75, 3.05) is 0 Å². The predicted molar refractivity (Wildman–Crippen MR) is 91.1 cm³/mol. The Morgan fingerprint density at radius 2 is 2.04 bits per heavy atom. The number of hydrogen-bond acceptors (Lipinski definition) is 5. The van der Waals surface area contributed by atoms with E-state index in [9.17, 15) is 14.5 Å². The van der Waals surface area contributed by atoms with Crippen molar-refractivity contribution in [2.45, 2.75) is 9.79 Å². The van der Waals surface area contributed by atoms with Crippen molar-refractivity contribution in [1.82, 2.24) is 5.43 Å². The van der Waals surface area contributed by atoms with E-state index in [1.807, 2.05) is 0 Å². The molecule has 0 amide bonds. The second kappa shape index (κ2) is 7.65. The first-order valence-electron chi connectivity index (χ1n) is 6.26. The minimum Gasteiger partial charge on any atom is -0.375 e. The van der Waals surface area contributed by atoms with Gasteiger partial charge in [0.25, 0.3) is 5.69 Å². The normalized spacial score (nSPS) is 10.7. The van der Waals surface area contributed by atoms with E-state index in [0.717, 1.165) is 0 Å². The average Bonchev–Trinajstić information content (AvgIpc) is 2.50. The molecule has 0 heterocycles. The molecule has 0 aliphatic carbocycles. The lowest BCUT2D eigenvalue weighted by atomic mass is 10.2. The minimum absolute atomic E-state index is 0.000708. The smallest absolute Gasteiger partial charge is 0.283 e. The maximum absolute atomic E-state index is 12.9. The summed E-state index contributed by atoms with van der Waals surface area (Å²) in [6.45, 7) is 0. The van der Waals surface area contributed by atoms with Crippen LogP contribution >= 0.6 is 24.0 Å². The number of benzene rings is 2. The third kappa shape index (κ3) is 5.01. The summed E-state index contributed by atoms with van der Waals surface area (Å²) < 4.78 is 12.9. The van der Waals surface area contributed by atoms with Crippen LogP contribution < -0.4 is 11.2 Å². The molecule has 0 radical (unpaired) electrons. The fraction of sp³-hybridized carbons (Fsp3) is 0. The van der Waals surface area contributed by atoms with Gasteiger partial charge < -0.3 is 5.73 Å². The van der Waals surface area contributed by atoms with E-state index < -0.39 is 4.92 Å². The molecule has 0 spiro atoms. The summed E-state index contributed by atoms with van der Waals surface area (Å²) in [5, 5.41) is 15.0. The van der Waals surface area contributed by atoms with E-state index in [4.69, 9.17) is 5.73 Å². The van der Waals surface area contributed by atoms with Gasteiger partial charge in [-0.25, -0.2) is 4.39 Å². The van der Waals surface area contributed by atoms with Crippen molar-refractivity contribution in [1.29, 1.82) is 0 Å². The van der Waals surface area contributed by atoms with Gasteiger partial charge in [0.15, 0.2) is 5.11 Å². The molecule has 0 aliphatic heterocycles. The van der Waals surface area contributed by atoms with Crippen LogP contribution in [0.4, 0.5) is 10.1 Å². The van der Waals surface area contributed by atoms with Gasteiger partial charge in [-0.15, -0.1) is 0 Å². The zero-order valence-corrected chi connectivity index (χ0v) is 13.2. The van der Waals surface area contributed by atoms with E-state index in [1.54, 1.807) is 24.3 Å². The molecule has 0 unspecified atom stereocenters. The molecule has 2 rings (SSSR count). The van der Waals surface area contributed by atoms with Crippen LogP contribution in [0.3, 0.4) is 0 Å². The van der Waals surface area contributed by atoms with Gasteiger partial charge in [-0.1, -0.05) is 17.8 Å². The zero-order valence-electron chi connectivity index (χ0n) is 11.6. The van der Waals surface area contributed by atoms with Crippen LogP contribution in [0.5, 0.6) is 0 Å². The third-order valence-corrected chi connectivity index (χ3v) is 3.77. The summed E-state index contributed by atoms with van der Waals surface area (Å²) in [5.41, 5.74) is 8.04.